The number of hydrogen-bond acceptors (Lipinski definition) is 4. The van der Waals surface area contributed by atoms with E-state index in [-0.39, 0.29) is 16.2 Å². The first kappa shape index (κ1) is 15.7. The van der Waals surface area contributed by atoms with Crippen molar-refractivity contribution in [2.24, 2.45) is 0 Å². The third-order valence-electron chi connectivity index (χ3n) is 2.86. The predicted molar refractivity (Wildman–Crippen MR) is 71.3 cm³/mol. The Morgan fingerprint density at radius 2 is 2.00 bits per heavy atom. The van der Waals surface area contributed by atoms with Gasteiger partial charge in [-0.2, -0.15) is 0 Å². The minimum absolute atomic E-state index is 0.000270. The molecule has 5 nitrogen and oxygen atoms in total. The number of sulfone groups is 1. The van der Waals surface area contributed by atoms with Crippen molar-refractivity contribution in [1.82, 2.24) is 0 Å². The SMILES string of the molecule is COCCCCS(=O)(=O)c1cccc(C(=O)O)c1C. The second-order valence-electron chi connectivity index (χ2n) is 4.25. The topological polar surface area (TPSA) is 80.7 Å². The monoisotopic (exact) mass is 286 g/mol. The molecule has 0 aliphatic carbocycles. The van der Waals surface area contributed by atoms with E-state index in [0.29, 0.717) is 25.0 Å². The summed E-state index contributed by atoms with van der Waals surface area (Å²) in [5, 5.41) is 8.99. The predicted octanol–water partition coefficient (Wildman–Crippen LogP) is 1.89. The minimum atomic E-state index is -3.45. The normalized spacial score (nSPS) is 11.5. The molecular formula is C13H18O5S. The van der Waals surface area contributed by atoms with E-state index < -0.39 is 15.8 Å². The summed E-state index contributed by atoms with van der Waals surface area (Å²) >= 11 is 0. The first-order valence-corrected chi connectivity index (χ1v) is 7.60. The van der Waals surface area contributed by atoms with E-state index in [4.69, 9.17) is 9.84 Å². The van der Waals surface area contributed by atoms with Gasteiger partial charge in [-0.25, -0.2) is 13.2 Å². The summed E-state index contributed by atoms with van der Waals surface area (Å²) in [7, 11) is -1.88. The molecule has 0 amide bonds. The number of methoxy groups -OCH3 is 1. The lowest BCUT2D eigenvalue weighted by molar-refractivity contribution is 0.0696. The third kappa shape index (κ3) is 4.04. The van der Waals surface area contributed by atoms with Crippen LogP contribution < -0.4 is 0 Å². The Balaban J connectivity index is 2.96. The molecule has 0 radical (unpaired) electrons. The molecule has 6 heteroatoms. The van der Waals surface area contributed by atoms with Crippen molar-refractivity contribution in [2.45, 2.75) is 24.7 Å². The van der Waals surface area contributed by atoms with Crippen LogP contribution in [0.2, 0.25) is 0 Å². The van der Waals surface area contributed by atoms with Gasteiger partial charge < -0.3 is 9.84 Å². The Morgan fingerprint density at radius 1 is 1.32 bits per heavy atom. The molecule has 106 valence electrons. The van der Waals surface area contributed by atoms with Gasteiger partial charge in [-0.05, 0) is 37.5 Å². The molecule has 0 unspecified atom stereocenters. The number of ether oxygens (including phenoxy) is 1. The number of hydrogen-bond donors (Lipinski definition) is 1. The summed E-state index contributed by atoms with van der Waals surface area (Å²) < 4.78 is 29.2. The van der Waals surface area contributed by atoms with Crippen LogP contribution >= 0.6 is 0 Å². The zero-order valence-electron chi connectivity index (χ0n) is 11.0. The minimum Gasteiger partial charge on any atom is -0.478 e. The lowest BCUT2D eigenvalue weighted by Gasteiger charge is -2.09. The molecule has 0 aliphatic rings. The maximum atomic E-state index is 12.2. The number of aromatic carboxylic acids is 1. The smallest absolute Gasteiger partial charge is 0.335 e. The maximum Gasteiger partial charge on any atom is 0.335 e. The van der Waals surface area contributed by atoms with E-state index >= 15 is 0 Å². The summed E-state index contributed by atoms with van der Waals surface area (Å²) in [4.78, 5) is 11.1. The van der Waals surface area contributed by atoms with E-state index in [0.717, 1.165) is 0 Å². The first-order valence-electron chi connectivity index (χ1n) is 5.94. The van der Waals surface area contributed by atoms with Crippen LogP contribution in [0.25, 0.3) is 0 Å². The third-order valence-corrected chi connectivity index (χ3v) is 4.80. The highest BCUT2D eigenvalue weighted by molar-refractivity contribution is 7.91. The standard InChI is InChI=1S/C13H18O5S/c1-10-11(13(14)15)6-5-7-12(10)19(16,17)9-4-3-8-18-2/h5-7H,3-4,8-9H2,1-2H3,(H,14,15). The summed E-state index contributed by atoms with van der Waals surface area (Å²) in [5.41, 5.74) is 0.319. The molecule has 0 fully saturated rings. The van der Waals surface area contributed by atoms with Gasteiger partial charge in [-0.3, -0.25) is 0 Å². The van der Waals surface area contributed by atoms with Crippen LogP contribution in [-0.2, 0) is 14.6 Å². The van der Waals surface area contributed by atoms with Gasteiger partial charge in [0.05, 0.1) is 16.2 Å². The fraction of sp³-hybridized carbons (Fsp3) is 0.462. The Labute approximate surface area is 113 Å². The Kier molecular flexibility index (Phi) is 5.50. The largest absolute Gasteiger partial charge is 0.478 e. The summed E-state index contributed by atoms with van der Waals surface area (Å²) in [6, 6.07) is 4.31. The van der Waals surface area contributed by atoms with Crippen molar-refractivity contribution in [3.63, 3.8) is 0 Å². The molecule has 1 N–H and O–H groups in total. The van der Waals surface area contributed by atoms with Gasteiger partial charge in [0, 0.05) is 13.7 Å². The lowest BCUT2D eigenvalue weighted by atomic mass is 10.1. The number of unbranched alkanes of at least 4 members (excludes halogenated alkanes) is 1. The highest BCUT2D eigenvalue weighted by atomic mass is 32.2. The van der Waals surface area contributed by atoms with Crippen molar-refractivity contribution in [3.8, 4) is 0 Å². The lowest BCUT2D eigenvalue weighted by Crippen LogP contribution is -2.12. The molecule has 0 aliphatic heterocycles. The van der Waals surface area contributed by atoms with Crippen molar-refractivity contribution in [1.29, 1.82) is 0 Å². The molecule has 0 bridgehead atoms. The molecule has 0 spiro atoms. The van der Waals surface area contributed by atoms with Gasteiger partial charge in [0.25, 0.3) is 0 Å². The average Bonchev–Trinajstić information content (AvgIpc) is 2.34. The molecule has 0 heterocycles. The second-order valence-corrected chi connectivity index (χ2v) is 6.33. The zero-order chi connectivity index (χ0) is 14.5. The maximum absolute atomic E-state index is 12.2. The highest BCUT2D eigenvalue weighted by Crippen LogP contribution is 2.21. The Morgan fingerprint density at radius 3 is 2.58 bits per heavy atom. The van der Waals surface area contributed by atoms with Crippen molar-refractivity contribution in [3.05, 3.63) is 29.3 Å². The van der Waals surface area contributed by atoms with Crippen LogP contribution in [0.15, 0.2) is 23.1 Å². The van der Waals surface area contributed by atoms with E-state index in [9.17, 15) is 13.2 Å². The van der Waals surface area contributed by atoms with Crippen LogP contribution in [0.4, 0.5) is 0 Å². The van der Waals surface area contributed by atoms with Crippen molar-refractivity contribution >= 4 is 15.8 Å². The van der Waals surface area contributed by atoms with E-state index in [2.05, 4.69) is 0 Å². The van der Waals surface area contributed by atoms with Crippen LogP contribution in [0.3, 0.4) is 0 Å². The molecule has 0 saturated heterocycles. The van der Waals surface area contributed by atoms with Gasteiger partial charge >= 0.3 is 5.97 Å². The number of carbonyl (C=O) groups is 1. The summed E-state index contributed by atoms with van der Waals surface area (Å²) in [5.74, 6) is -1.12. The van der Waals surface area contributed by atoms with Crippen LogP contribution in [0.1, 0.15) is 28.8 Å². The fourth-order valence-corrected chi connectivity index (χ4v) is 3.50. The summed E-state index contributed by atoms with van der Waals surface area (Å²) in [6.45, 7) is 2.04. The van der Waals surface area contributed by atoms with Gasteiger partial charge in [0.1, 0.15) is 0 Å². The van der Waals surface area contributed by atoms with Crippen LogP contribution in [0, 0.1) is 6.92 Å². The van der Waals surface area contributed by atoms with Gasteiger partial charge in [0.2, 0.25) is 0 Å². The fourth-order valence-electron chi connectivity index (χ4n) is 1.83. The Bertz CT molecular complexity index is 548. The number of rotatable bonds is 7. The average molecular weight is 286 g/mol. The molecular weight excluding hydrogens is 268 g/mol. The van der Waals surface area contributed by atoms with E-state index in [1.165, 1.54) is 25.1 Å². The van der Waals surface area contributed by atoms with Gasteiger partial charge in [0.15, 0.2) is 9.84 Å². The first-order chi connectivity index (χ1) is 8.90. The van der Waals surface area contributed by atoms with Gasteiger partial charge in [-0.1, -0.05) is 6.07 Å². The van der Waals surface area contributed by atoms with E-state index in [1.54, 1.807) is 7.11 Å². The number of carboxylic acid groups (broad SMARTS) is 1. The summed E-state index contributed by atoms with van der Waals surface area (Å²) in [6.07, 6.45) is 1.15. The van der Waals surface area contributed by atoms with Gasteiger partial charge in [-0.15, -0.1) is 0 Å². The number of benzene rings is 1. The van der Waals surface area contributed by atoms with Crippen LogP contribution in [0.5, 0.6) is 0 Å². The van der Waals surface area contributed by atoms with Crippen molar-refractivity contribution in [2.75, 3.05) is 19.5 Å². The molecule has 0 saturated carbocycles. The quantitative estimate of drug-likeness (QED) is 0.774. The molecule has 1 aromatic rings. The highest BCUT2D eigenvalue weighted by Gasteiger charge is 2.20. The molecule has 0 atom stereocenters. The number of carboxylic acids is 1. The zero-order valence-corrected chi connectivity index (χ0v) is 11.9. The molecule has 1 rings (SSSR count). The second kappa shape index (κ2) is 6.68. The van der Waals surface area contributed by atoms with E-state index in [1.807, 2.05) is 0 Å². The molecule has 0 aromatic heterocycles. The Hall–Kier alpha value is -1.40. The van der Waals surface area contributed by atoms with Crippen LogP contribution in [-0.4, -0.2) is 39.0 Å². The molecule has 1 aromatic carbocycles. The van der Waals surface area contributed by atoms with Crippen molar-refractivity contribution < 1.29 is 23.1 Å². The molecule has 19 heavy (non-hydrogen) atoms.